The Kier molecular flexibility index (Phi) is 1.27. The molecule has 1 aliphatic heterocycles. The topological polar surface area (TPSA) is 0 Å². The number of fused-ring (bicyclic) bond motifs is 1. The molecule has 1 heteroatoms. The van der Waals surface area contributed by atoms with Crippen molar-refractivity contribution in [2.45, 2.75) is 6.42 Å². The Morgan fingerprint density at radius 3 is 3.00 bits per heavy atom. The van der Waals surface area contributed by atoms with Crippen molar-refractivity contribution in [3.63, 3.8) is 0 Å². The van der Waals surface area contributed by atoms with Crippen LogP contribution in [0.1, 0.15) is 5.56 Å². The van der Waals surface area contributed by atoms with Crippen LogP contribution < -0.4 is 4.40 Å². The second-order valence-electron chi connectivity index (χ2n) is 2.31. The first-order chi connectivity index (χ1) is 4.47. The van der Waals surface area contributed by atoms with Crippen molar-refractivity contribution in [2.75, 3.05) is 0 Å². The molecule has 1 aromatic rings. The molecule has 0 spiro atoms. The monoisotopic (exact) mass is 178 g/mol. The Hall–Kier alpha value is -0.367. The fraction of sp³-hybridized carbons (Fsp3) is 0.125. The van der Waals surface area contributed by atoms with Gasteiger partial charge in [0.2, 0.25) is 0 Å². The van der Waals surface area contributed by atoms with E-state index in [-0.39, 0.29) is 15.0 Å². The van der Waals surface area contributed by atoms with Crippen LogP contribution in [0.25, 0.3) is 0 Å². The summed E-state index contributed by atoms with van der Waals surface area (Å²) in [6.45, 7) is 0. The summed E-state index contributed by atoms with van der Waals surface area (Å²) in [6.07, 6.45) is 1.25. The summed E-state index contributed by atoms with van der Waals surface area (Å²) in [5.41, 5.74) is 1.58. The van der Waals surface area contributed by atoms with Crippen molar-refractivity contribution in [1.29, 1.82) is 0 Å². The molecule has 0 saturated heterocycles. The van der Waals surface area contributed by atoms with Crippen LogP contribution in [-0.2, 0) is 6.42 Å². The van der Waals surface area contributed by atoms with Gasteiger partial charge in [0.25, 0.3) is 0 Å². The summed E-state index contributed by atoms with van der Waals surface area (Å²) in [6, 6.07) is 8.81. The molecule has 0 atom stereocenters. The average Bonchev–Trinajstić information content (AvgIpc) is 2.33. The number of hydrogen-bond donors (Lipinski definition) is 0. The van der Waals surface area contributed by atoms with Gasteiger partial charge in [0, 0.05) is 0 Å². The third-order valence-corrected chi connectivity index (χ3v) is 4.61. The van der Waals surface area contributed by atoms with Crippen molar-refractivity contribution in [2.24, 2.45) is 0 Å². The molecule has 0 nitrogen and oxygen atoms in total. The van der Waals surface area contributed by atoms with Crippen molar-refractivity contribution in [1.82, 2.24) is 0 Å². The van der Waals surface area contributed by atoms with Crippen LogP contribution in [0.15, 0.2) is 24.3 Å². The van der Waals surface area contributed by atoms with Crippen LogP contribution >= 0.6 is 0 Å². The van der Waals surface area contributed by atoms with E-state index >= 15 is 0 Å². The molecular weight excluding hydrogens is 169 g/mol. The van der Waals surface area contributed by atoms with Gasteiger partial charge >= 0.3 is 60.5 Å². The predicted octanol–water partition coefficient (Wildman–Crippen LogP) is 0.107. The fourth-order valence-corrected chi connectivity index (χ4v) is 3.87. The third kappa shape index (κ3) is 0.875. The van der Waals surface area contributed by atoms with Crippen molar-refractivity contribution in [3.8, 4) is 0 Å². The molecule has 9 heavy (non-hydrogen) atoms. The van der Waals surface area contributed by atoms with Gasteiger partial charge in [-0.1, -0.05) is 0 Å². The van der Waals surface area contributed by atoms with Gasteiger partial charge in [-0.2, -0.15) is 0 Å². The summed E-state index contributed by atoms with van der Waals surface area (Å²) >= 11 is -0.0722. The van der Waals surface area contributed by atoms with E-state index < -0.39 is 0 Å². The maximum absolute atomic E-state index is 2.48. The molecule has 0 unspecified atom stereocenters. The summed E-state index contributed by atoms with van der Waals surface area (Å²) in [7, 11) is 0. The van der Waals surface area contributed by atoms with Crippen molar-refractivity contribution >= 4 is 24.2 Å². The Morgan fingerprint density at radius 2 is 2.11 bits per heavy atom. The Balaban J connectivity index is 2.63. The minimum atomic E-state index is -0.0722. The van der Waals surface area contributed by atoms with E-state index in [0.29, 0.717) is 0 Å². The second kappa shape index (κ2) is 2.10. The number of benzene rings is 1. The Labute approximate surface area is 60.9 Å². The van der Waals surface area contributed by atoms with Crippen molar-refractivity contribution < 1.29 is 0 Å². The minimum absolute atomic E-state index is 0.0722. The molecule has 1 heterocycles. The molecule has 0 fully saturated rings. The Bertz CT molecular complexity index is 250. The maximum atomic E-state index is 2.48. The molecule has 1 aromatic carbocycles. The quantitative estimate of drug-likeness (QED) is 0.493. The van der Waals surface area contributed by atoms with Gasteiger partial charge in [0.1, 0.15) is 0 Å². The first-order valence-electron chi connectivity index (χ1n) is 3.21. The molecule has 0 bridgehead atoms. The van der Waals surface area contributed by atoms with Crippen LogP contribution in [0.3, 0.4) is 0 Å². The summed E-state index contributed by atoms with van der Waals surface area (Å²) < 4.78 is 1.67. The van der Waals surface area contributed by atoms with Gasteiger partial charge in [-0.3, -0.25) is 0 Å². The molecule has 2 rings (SSSR count). The molecule has 0 N–H and O–H groups in total. The summed E-state index contributed by atoms with van der Waals surface area (Å²) in [5, 5.41) is 0. The predicted molar refractivity (Wildman–Crippen MR) is 43.0 cm³/mol. The second-order valence-corrected chi connectivity index (χ2v) is 5.30. The van der Waals surface area contributed by atoms with E-state index in [2.05, 4.69) is 29.1 Å². The Morgan fingerprint density at radius 1 is 1.22 bits per heavy atom. The molecule has 0 aromatic heterocycles. The molecular formula is C8H8Ge. The van der Waals surface area contributed by atoms with Crippen LogP contribution in [-0.4, -0.2) is 19.8 Å². The van der Waals surface area contributed by atoms with Gasteiger partial charge in [-0.25, -0.2) is 0 Å². The fourth-order valence-electron chi connectivity index (χ4n) is 1.20. The normalized spacial score (nSPS) is 13.8. The van der Waals surface area contributed by atoms with E-state index in [4.69, 9.17) is 0 Å². The van der Waals surface area contributed by atoms with Gasteiger partial charge in [-0.15, -0.1) is 0 Å². The summed E-state index contributed by atoms with van der Waals surface area (Å²) in [5.74, 6) is 0. The molecule has 0 aliphatic carbocycles. The molecule has 1 aliphatic rings. The first kappa shape index (κ1) is 5.42. The first-order valence-corrected chi connectivity index (χ1v) is 5.82. The zero-order valence-electron chi connectivity index (χ0n) is 5.17. The van der Waals surface area contributed by atoms with Gasteiger partial charge in [-0.05, 0) is 0 Å². The van der Waals surface area contributed by atoms with Crippen molar-refractivity contribution in [3.05, 3.63) is 29.8 Å². The van der Waals surface area contributed by atoms with Crippen LogP contribution in [0.5, 0.6) is 0 Å². The molecule has 0 saturated carbocycles. The standard InChI is InChI=1S/C8H8Ge/c1-2-4-8-7(3-1)5-6-9-8/h1-4,6,9H,5H2. The van der Waals surface area contributed by atoms with E-state index in [0.717, 1.165) is 0 Å². The summed E-state index contributed by atoms with van der Waals surface area (Å²) in [4.78, 5) is 2.48. The van der Waals surface area contributed by atoms with Gasteiger partial charge in [0.05, 0.1) is 0 Å². The van der Waals surface area contributed by atoms with Gasteiger partial charge < -0.3 is 0 Å². The SMILES string of the molecule is [CH]1=[GeH][c]2ccccc2C1. The van der Waals surface area contributed by atoms with E-state index in [1.54, 1.807) is 9.96 Å². The average molecular weight is 177 g/mol. The number of rotatable bonds is 0. The van der Waals surface area contributed by atoms with E-state index in [1.165, 1.54) is 6.42 Å². The number of hydrogen-bond acceptors (Lipinski definition) is 0. The zero-order valence-corrected chi connectivity index (χ0v) is 7.59. The molecule has 0 radical (unpaired) electrons. The van der Waals surface area contributed by atoms with Crippen LogP contribution in [0.4, 0.5) is 0 Å². The molecule has 0 amide bonds. The third-order valence-electron chi connectivity index (χ3n) is 1.69. The van der Waals surface area contributed by atoms with Gasteiger partial charge in [0.15, 0.2) is 0 Å². The zero-order chi connectivity index (χ0) is 6.10. The van der Waals surface area contributed by atoms with Crippen LogP contribution in [0.2, 0.25) is 0 Å². The van der Waals surface area contributed by atoms with Crippen LogP contribution in [0, 0.1) is 0 Å². The van der Waals surface area contributed by atoms with E-state index in [9.17, 15) is 0 Å². The van der Waals surface area contributed by atoms with E-state index in [1.807, 2.05) is 0 Å². The molecule has 44 valence electrons.